The van der Waals surface area contributed by atoms with Crippen molar-refractivity contribution in [3.63, 3.8) is 0 Å². The first-order chi connectivity index (χ1) is 7.20. The van der Waals surface area contributed by atoms with Gasteiger partial charge in [0.15, 0.2) is 0 Å². The van der Waals surface area contributed by atoms with Gasteiger partial charge in [-0.25, -0.2) is 0 Å². The summed E-state index contributed by atoms with van der Waals surface area (Å²) in [5.41, 5.74) is 1.14. The van der Waals surface area contributed by atoms with E-state index in [9.17, 15) is 0 Å². The predicted molar refractivity (Wildman–Crippen MR) is 72.9 cm³/mol. The molecule has 0 aliphatic heterocycles. The Balaban J connectivity index is 2.27. The lowest BCUT2D eigenvalue weighted by Gasteiger charge is -1.97. The van der Waals surface area contributed by atoms with Crippen LogP contribution in [0.1, 0.15) is 23.2 Å². The van der Waals surface area contributed by atoms with Crippen LogP contribution in [-0.2, 0) is 0 Å². The van der Waals surface area contributed by atoms with Crippen LogP contribution < -0.4 is 0 Å². The molecule has 15 heavy (non-hydrogen) atoms. The van der Waals surface area contributed by atoms with Gasteiger partial charge >= 0.3 is 0 Å². The topological polar surface area (TPSA) is 25.8 Å². The van der Waals surface area contributed by atoms with E-state index < -0.39 is 0 Å². The smallest absolute Gasteiger partial charge is 0.142 e. The molecule has 0 fully saturated rings. The van der Waals surface area contributed by atoms with Crippen molar-refractivity contribution in [2.45, 2.75) is 18.2 Å². The summed E-state index contributed by atoms with van der Waals surface area (Å²) < 4.78 is 1.13. The Bertz CT molecular complexity index is 452. The van der Waals surface area contributed by atoms with E-state index in [1.165, 1.54) is 0 Å². The third-order valence-electron chi connectivity index (χ3n) is 1.88. The molecule has 2 nitrogen and oxygen atoms in total. The highest BCUT2D eigenvalue weighted by molar-refractivity contribution is 9.11. The van der Waals surface area contributed by atoms with E-state index in [0.717, 1.165) is 25.8 Å². The predicted octanol–water partition coefficient (Wildman–Crippen LogP) is 4.88. The van der Waals surface area contributed by atoms with Crippen LogP contribution in [0.4, 0.5) is 0 Å². The van der Waals surface area contributed by atoms with Crippen LogP contribution in [0.5, 0.6) is 0 Å². The zero-order valence-electron chi connectivity index (χ0n) is 7.91. The number of alkyl halides is 1. The van der Waals surface area contributed by atoms with Gasteiger partial charge in [0, 0.05) is 10.9 Å². The number of nitrogens with zero attached hydrogens (tertiary/aromatic N) is 2. The van der Waals surface area contributed by atoms with Gasteiger partial charge < -0.3 is 0 Å². The van der Waals surface area contributed by atoms with Crippen LogP contribution in [0.2, 0.25) is 0 Å². The Morgan fingerprint density at radius 2 is 2.27 bits per heavy atom. The lowest BCUT2D eigenvalue weighted by Crippen LogP contribution is -1.84. The standard InChI is InChI=1S/C9H8Br2N2S2/c1-2-6(10)9-13-12-8(15-9)5-3-7(11)14-4-5/h3-4,6H,2H2,1H3. The summed E-state index contributed by atoms with van der Waals surface area (Å²) in [5.74, 6) is 0. The molecule has 0 saturated heterocycles. The molecule has 2 heterocycles. The Hall–Kier alpha value is 0.220. The summed E-state index contributed by atoms with van der Waals surface area (Å²) in [6, 6.07) is 2.07. The molecule has 1 unspecified atom stereocenters. The van der Waals surface area contributed by atoms with E-state index in [1.807, 2.05) is 0 Å². The summed E-state index contributed by atoms with van der Waals surface area (Å²) in [6.45, 7) is 2.13. The Labute approximate surface area is 113 Å². The van der Waals surface area contributed by atoms with Gasteiger partial charge in [0.05, 0.1) is 8.61 Å². The average Bonchev–Trinajstić information content (AvgIpc) is 2.84. The van der Waals surface area contributed by atoms with Gasteiger partial charge in [-0.2, -0.15) is 0 Å². The summed E-state index contributed by atoms with van der Waals surface area (Å²) in [5, 5.41) is 12.5. The average molecular weight is 368 g/mol. The molecule has 0 aliphatic carbocycles. The third-order valence-corrected chi connectivity index (χ3v) is 5.86. The van der Waals surface area contributed by atoms with Gasteiger partial charge in [0.2, 0.25) is 0 Å². The maximum atomic E-state index is 4.19. The molecule has 0 bridgehead atoms. The monoisotopic (exact) mass is 366 g/mol. The highest BCUT2D eigenvalue weighted by Gasteiger charge is 2.13. The van der Waals surface area contributed by atoms with Gasteiger partial charge in [-0.15, -0.1) is 21.5 Å². The van der Waals surface area contributed by atoms with Crippen LogP contribution in [0.3, 0.4) is 0 Å². The maximum absolute atomic E-state index is 4.19. The van der Waals surface area contributed by atoms with Crippen molar-refractivity contribution in [1.82, 2.24) is 10.2 Å². The minimum atomic E-state index is 0.325. The highest BCUT2D eigenvalue weighted by Crippen LogP contribution is 2.35. The number of hydrogen-bond acceptors (Lipinski definition) is 4. The van der Waals surface area contributed by atoms with Crippen LogP contribution in [-0.4, -0.2) is 10.2 Å². The molecule has 2 rings (SSSR count). The lowest BCUT2D eigenvalue weighted by molar-refractivity contribution is 0.870. The van der Waals surface area contributed by atoms with Crippen LogP contribution in [0, 0.1) is 0 Å². The van der Waals surface area contributed by atoms with Gasteiger partial charge in [-0.05, 0) is 28.4 Å². The maximum Gasteiger partial charge on any atom is 0.148 e. The summed E-state index contributed by atoms with van der Waals surface area (Å²) in [6.07, 6.45) is 1.03. The summed E-state index contributed by atoms with van der Waals surface area (Å²) >= 11 is 10.3. The van der Waals surface area contributed by atoms with E-state index in [1.54, 1.807) is 22.7 Å². The van der Waals surface area contributed by atoms with Crippen LogP contribution in [0.15, 0.2) is 15.2 Å². The quantitative estimate of drug-likeness (QED) is 0.722. The minimum absolute atomic E-state index is 0.325. The van der Waals surface area contributed by atoms with Gasteiger partial charge in [-0.3, -0.25) is 0 Å². The molecule has 0 radical (unpaired) electrons. The lowest BCUT2D eigenvalue weighted by atomic mass is 10.4. The molecule has 2 aromatic rings. The number of aromatic nitrogens is 2. The first kappa shape index (κ1) is 11.7. The van der Waals surface area contributed by atoms with Crippen LogP contribution in [0.25, 0.3) is 10.6 Å². The molecule has 1 atom stereocenters. The Kier molecular flexibility index (Phi) is 3.93. The minimum Gasteiger partial charge on any atom is -0.142 e. The third kappa shape index (κ3) is 2.67. The Morgan fingerprint density at radius 3 is 2.87 bits per heavy atom. The second-order valence-corrected chi connectivity index (χ2v) is 7.37. The number of halogens is 2. The van der Waals surface area contributed by atoms with Crippen molar-refractivity contribution < 1.29 is 0 Å². The van der Waals surface area contributed by atoms with Crippen molar-refractivity contribution in [2.24, 2.45) is 0 Å². The fourth-order valence-electron chi connectivity index (χ4n) is 1.07. The molecule has 2 aromatic heterocycles. The molecule has 0 saturated carbocycles. The molecule has 0 spiro atoms. The molecule has 0 amide bonds. The zero-order chi connectivity index (χ0) is 10.8. The van der Waals surface area contributed by atoms with E-state index in [-0.39, 0.29) is 0 Å². The van der Waals surface area contributed by atoms with E-state index in [2.05, 4.69) is 60.4 Å². The molecule has 0 aliphatic rings. The molecule has 80 valence electrons. The Morgan fingerprint density at radius 1 is 1.47 bits per heavy atom. The number of thiophene rings is 1. The van der Waals surface area contributed by atoms with E-state index in [0.29, 0.717) is 4.83 Å². The second kappa shape index (κ2) is 5.03. The first-order valence-electron chi connectivity index (χ1n) is 4.42. The second-order valence-electron chi connectivity index (χ2n) is 2.96. The molecule has 6 heteroatoms. The SMILES string of the molecule is CCC(Br)c1nnc(-c2csc(Br)c2)s1. The van der Waals surface area contributed by atoms with Gasteiger partial charge in [-0.1, -0.05) is 34.2 Å². The van der Waals surface area contributed by atoms with Crippen molar-refractivity contribution in [2.75, 3.05) is 0 Å². The number of rotatable bonds is 3. The first-order valence-corrected chi connectivity index (χ1v) is 7.83. The van der Waals surface area contributed by atoms with Gasteiger partial charge in [0.25, 0.3) is 0 Å². The highest BCUT2D eigenvalue weighted by atomic mass is 79.9. The molecule has 0 aromatic carbocycles. The molecular weight excluding hydrogens is 360 g/mol. The fourth-order valence-corrected chi connectivity index (χ4v) is 3.55. The van der Waals surface area contributed by atoms with Crippen molar-refractivity contribution in [3.05, 3.63) is 20.2 Å². The normalized spacial score (nSPS) is 13.0. The van der Waals surface area contributed by atoms with E-state index in [4.69, 9.17) is 0 Å². The fraction of sp³-hybridized carbons (Fsp3) is 0.333. The van der Waals surface area contributed by atoms with Crippen LogP contribution >= 0.6 is 54.5 Å². The summed E-state index contributed by atoms with van der Waals surface area (Å²) in [7, 11) is 0. The van der Waals surface area contributed by atoms with E-state index >= 15 is 0 Å². The van der Waals surface area contributed by atoms with Crippen molar-refractivity contribution >= 4 is 54.5 Å². The molecular formula is C9H8Br2N2S2. The van der Waals surface area contributed by atoms with Crippen molar-refractivity contribution in [1.29, 1.82) is 0 Å². The number of hydrogen-bond donors (Lipinski definition) is 0. The van der Waals surface area contributed by atoms with Crippen molar-refractivity contribution in [3.8, 4) is 10.6 Å². The summed E-state index contributed by atoms with van der Waals surface area (Å²) in [4.78, 5) is 0.325. The molecule has 0 N–H and O–H groups in total. The van der Waals surface area contributed by atoms with Gasteiger partial charge in [0.1, 0.15) is 10.0 Å². The zero-order valence-corrected chi connectivity index (χ0v) is 12.7. The largest absolute Gasteiger partial charge is 0.148 e.